The zero-order valence-corrected chi connectivity index (χ0v) is 10.9. The molecular weight excluding hydrogens is 232 g/mol. The van der Waals surface area contributed by atoms with Crippen LogP contribution in [0.4, 0.5) is 0 Å². The zero-order valence-electron chi connectivity index (χ0n) is 10.9. The van der Waals surface area contributed by atoms with Gasteiger partial charge in [0.1, 0.15) is 0 Å². The Morgan fingerprint density at radius 2 is 2.39 bits per heavy atom. The number of rotatable bonds is 5. The Morgan fingerprint density at radius 3 is 2.94 bits per heavy atom. The van der Waals surface area contributed by atoms with E-state index in [1.165, 1.54) is 0 Å². The highest BCUT2D eigenvalue weighted by Gasteiger charge is 2.27. The lowest BCUT2D eigenvalue weighted by Gasteiger charge is -2.13. The van der Waals surface area contributed by atoms with Gasteiger partial charge in [-0.25, -0.2) is 4.68 Å². The molecule has 0 aromatic carbocycles. The largest absolute Gasteiger partial charge is 0.381 e. The summed E-state index contributed by atoms with van der Waals surface area (Å²) in [4.78, 5) is 11.1. The van der Waals surface area contributed by atoms with Crippen molar-refractivity contribution >= 4 is 5.91 Å². The minimum absolute atomic E-state index is 0.157. The summed E-state index contributed by atoms with van der Waals surface area (Å²) >= 11 is 0. The monoisotopic (exact) mass is 252 g/mol. The maximum absolute atomic E-state index is 11.1. The van der Waals surface area contributed by atoms with Crippen LogP contribution in [0.5, 0.6) is 0 Å². The molecule has 2 rings (SSSR count). The summed E-state index contributed by atoms with van der Waals surface area (Å²) in [6, 6.07) is 0. The van der Waals surface area contributed by atoms with E-state index in [4.69, 9.17) is 10.5 Å². The summed E-state index contributed by atoms with van der Waals surface area (Å²) in [5.41, 5.74) is 6.99. The first-order chi connectivity index (χ1) is 8.58. The Bertz CT molecular complexity index is 422. The molecule has 0 spiro atoms. The van der Waals surface area contributed by atoms with Gasteiger partial charge in [0.05, 0.1) is 24.4 Å². The zero-order chi connectivity index (χ0) is 13.1. The lowest BCUT2D eigenvalue weighted by molar-refractivity contribution is -0.117. The molecule has 1 fully saturated rings. The van der Waals surface area contributed by atoms with Gasteiger partial charge in [-0.3, -0.25) is 4.79 Å². The van der Waals surface area contributed by atoms with Gasteiger partial charge in [-0.05, 0) is 12.3 Å². The van der Waals surface area contributed by atoms with Gasteiger partial charge in [0.2, 0.25) is 5.91 Å². The van der Waals surface area contributed by atoms with E-state index in [1.807, 2.05) is 4.68 Å². The third-order valence-corrected chi connectivity index (χ3v) is 3.04. The van der Waals surface area contributed by atoms with Crippen molar-refractivity contribution in [2.45, 2.75) is 39.2 Å². The SMILES string of the molecule is CC(C)Cn1nnc(CC(N)=O)c1C1CCOC1. The van der Waals surface area contributed by atoms with Gasteiger partial charge >= 0.3 is 0 Å². The number of carbonyl (C=O) groups is 1. The Kier molecular flexibility index (Phi) is 3.96. The van der Waals surface area contributed by atoms with Gasteiger partial charge in [0.15, 0.2) is 0 Å². The summed E-state index contributed by atoms with van der Waals surface area (Å²) in [5.74, 6) is 0.397. The number of nitrogens with two attached hydrogens (primary N) is 1. The molecule has 2 N–H and O–H groups in total. The third kappa shape index (κ3) is 2.87. The molecule has 0 saturated carbocycles. The second-order valence-electron chi connectivity index (χ2n) is 5.20. The highest BCUT2D eigenvalue weighted by Crippen LogP contribution is 2.27. The molecule has 18 heavy (non-hydrogen) atoms. The van der Waals surface area contributed by atoms with Crippen molar-refractivity contribution in [1.29, 1.82) is 0 Å². The number of ether oxygens (including phenoxy) is 1. The van der Waals surface area contributed by atoms with Crippen LogP contribution in [0.1, 0.15) is 37.6 Å². The maximum atomic E-state index is 11.1. The summed E-state index contributed by atoms with van der Waals surface area (Å²) in [7, 11) is 0. The number of amides is 1. The number of primary amides is 1. The van der Waals surface area contributed by atoms with Crippen LogP contribution < -0.4 is 5.73 Å². The van der Waals surface area contributed by atoms with Crippen LogP contribution in [0, 0.1) is 5.92 Å². The van der Waals surface area contributed by atoms with Gasteiger partial charge < -0.3 is 10.5 Å². The predicted molar refractivity (Wildman–Crippen MR) is 65.9 cm³/mol. The Morgan fingerprint density at radius 1 is 1.61 bits per heavy atom. The molecule has 100 valence electrons. The summed E-state index contributed by atoms with van der Waals surface area (Å²) in [6.45, 7) is 6.50. The van der Waals surface area contributed by atoms with Gasteiger partial charge in [-0.1, -0.05) is 19.1 Å². The van der Waals surface area contributed by atoms with E-state index in [0.29, 0.717) is 18.2 Å². The minimum atomic E-state index is -0.369. The standard InChI is InChI=1S/C12H20N4O2/c1-8(2)6-16-12(9-3-4-18-7-9)10(14-15-16)5-11(13)17/h8-9H,3-7H2,1-2H3,(H2,13,17). The number of nitrogens with zero attached hydrogens (tertiary/aromatic N) is 3. The van der Waals surface area contributed by atoms with E-state index in [2.05, 4.69) is 24.2 Å². The average molecular weight is 252 g/mol. The first-order valence-electron chi connectivity index (χ1n) is 6.36. The fourth-order valence-corrected chi connectivity index (χ4v) is 2.32. The molecule has 1 amide bonds. The van der Waals surface area contributed by atoms with E-state index < -0.39 is 0 Å². The van der Waals surface area contributed by atoms with Crippen LogP contribution in [-0.2, 0) is 22.5 Å². The van der Waals surface area contributed by atoms with Gasteiger partial charge in [0.25, 0.3) is 0 Å². The second-order valence-corrected chi connectivity index (χ2v) is 5.20. The van der Waals surface area contributed by atoms with Crippen LogP contribution in [0.15, 0.2) is 0 Å². The van der Waals surface area contributed by atoms with Crippen molar-refractivity contribution in [1.82, 2.24) is 15.0 Å². The second kappa shape index (κ2) is 5.48. The van der Waals surface area contributed by atoms with Crippen molar-refractivity contribution in [3.05, 3.63) is 11.4 Å². The van der Waals surface area contributed by atoms with Crippen molar-refractivity contribution in [3.63, 3.8) is 0 Å². The predicted octanol–water partition coefficient (Wildman–Crippen LogP) is 0.466. The lowest BCUT2D eigenvalue weighted by atomic mass is 10.0. The normalized spacial score (nSPS) is 19.6. The fourth-order valence-electron chi connectivity index (χ4n) is 2.32. The van der Waals surface area contributed by atoms with Crippen molar-refractivity contribution in [3.8, 4) is 0 Å². The number of hydrogen-bond acceptors (Lipinski definition) is 4. The van der Waals surface area contributed by atoms with Gasteiger partial charge in [-0.2, -0.15) is 0 Å². The summed E-state index contributed by atoms with van der Waals surface area (Å²) < 4.78 is 7.32. The molecule has 1 atom stereocenters. The van der Waals surface area contributed by atoms with Gasteiger partial charge in [-0.15, -0.1) is 5.10 Å². The van der Waals surface area contributed by atoms with E-state index in [0.717, 1.165) is 25.3 Å². The molecule has 6 heteroatoms. The van der Waals surface area contributed by atoms with Crippen LogP contribution in [0.3, 0.4) is 0 Å². The van der Waals surface area contributed by atoms with Crippen molar-refractivity contribution in [2.24, 2.45) is 11.7 Å². The van der Waals surface area contributed by atoms with Crippen LogP contribution in [0.25, 0.3) is 0 Å². The fraction of sp³-hybridized carbons (Fsp3) is 0.750. The van der Waals surface area contributed by atoms with Crippen LogP contribution >= 0.6 is 0 Å². The highest BCUT2D eigenvalue weighted by molar-refractivity contribution is 5.76. The first kappa shape index (κ1) is 13.0. The average Bonchev–Trinajstić information content (AvgIpc) is 2.86. The van der Waals surface area contributed by atoms with Crippen molar-refractivity contribution in [2.75, 3.05) is 13.2 Å². The van der Waals surface area contributed by atoms with Crippen molar-refractivity contribution < 1.29 is 9.53 Å². The Hall–Kier alpha value is -1.43. The molecule has 0 bridgehead atoms. The summed E-state index contributed by atoms with van der Waals surface area (Å²) in [6.07, 6.45) is 1.11. The van der Waals surface area contributed by atoms with E-state index in [1.54, 1.807) is 0 Å². The molecule has 1 aliphatic rings. The molecule has 6 nitrogen and oxygen atoms in total. The number of aromatic nitrogens is 3. The molecule has 1 aromatic rings. The summed E-state index contributed by atoms with van der Waals surface area (Å²) in [5, 5.41) is 8.27. The highest BCUT2D eigenvalue weighted by atomic mass is 16.5. The Balaban J connectivity index is 2.28. The van der Waals surface area contributed by atoms with Gasteiger partial charge in [0, 0.05) is 19.1 Å². The maximum Gasteiger partial charge on any atom is 0.223 e. The molecule has 0 radical (unpaired) electrons. The van der Waals surface area contributed by atoms with E-state index in [-0.39, 0.29) is 18.2 Å². The molecule has 0 aliphatic carbocycles. The minimum Gasteiger partial charge on any atom is -0.381 e. The molecule has 1 aliphatic heterocycles. The smallest absolute Gasteiger partial charge is 0.223 e. The topological polar surface area (TPSA) is 83.0 Å². The number of carbonyl (C=O) groups excluding carboxylic acids is 1. The molecule has 2 heterocycles. The van der Waals surface area contributed by atoms with E-state index in [9.17, 15) is 4.79 Å². The Labute approximate surface area is 106 Å². The molecule has 1 aromatic heterocycles. The first-order valence-corrected chi connectivity index (χ1v) is 6.36. The molecule has 1 saturated heterocycles. The lowest BCUT2D eigenvalue weighted by Crippen LogP contribution is -2.18. The van der Waals surface area contributed by atoms with E-state index >= 15 is 0 Å². The molecular formula is C12H20N4O2. The number of hydrogen-bond donors (Lipinski definition) is 1. The quantitative estimate of drug-likeness (QED) is 0.825. The van der Waals surface area contributed by atoms with Crippen LogP contribution in [-0.4, -0.2) is 34.1 Å². The third-order valence-electron chi connectivity index (χ3n) is 3.04. The van der Waals surface area contributed by atoms with Crippen LogP contribution in [0.2, 0.25) is 0 Å². The molecule has 1 unspecified atom stereocenters.